The van der Waals surface area contributed by atoms with Crippen LogP contribution in [0.2, 0.25) is 10.0 Å². The highest BCUT2D eigenvalue weighted by Gasteiger charge is 2.41. The van der Waals surface area contributed by atoms with Crippen LogP contribution in [0.4, 0.5) is 0 Å². The van der Waals surface area contributed by atoms with Crippen LogP contribution >= 0.6 is 35.6 Å². The van der Waals surface area contributed by atoms with E-state index in [1.165, 1.54) is 0 Å². The van der Waals surface area contributed by atoms with E-state index < -0.39 is 5.60 Å². The highest BCUT2D eigenvalue weighted by atomic mass is 35.5. The third kappa shape index (κ3) is 4.05. The summed E-state index contributed by atoms with van der Waals surface area (Å²) in [6, 6.07) is 14.9. The van der Waals surface area contributed by atoms with Crippen LogP contribution in [0.1, 0.15) is 11.1 Å². The summed E-state index contributed by atoms with van der Waals surface area (Å²) in [6.45, 7) is 1.93. The maximum atomic E-state index is 11.5. The van der Waals surface area contributed by atoms with Crippen molar-refractivity contribution in [3.63, 3.8) is 0 Å². The van der Waals surface area contributed by atoms with E-state index in [-0.39, 0.29) is 18.5 Å². The van der Waals surface area contributed by atoms with Gasteiger partial charge in [-0.3, -0.25) is 0 Å². The summed E-state index contributed by atoms with van der Waals surface area (Å²) in [5.41, 5.74) is 0.324. The van der Waals surface area contributed by atoms with Gasteiger partial charge < -0.3 is 15.2 Å². The first-order valence-electron chi connectivity index (χ1n) is 7.64. The Hall–Kier alpha value is -0.810. The molecule has 1 heterocycles. The molecular weight excluding hydrogens is 369 g/mol. The summed E-state index contributed by atoms with van der Waals surface area (Å²) in [4.78, 5) is 0. The minimum absolute atomic E-state index is 0. The first kappa shape index (κ1) is 19.5. The van der Waals surface area contributed by atoms with Crippen molar-refractivity contribution in [3.8, 4) is 0 Å². The fraction of sp³-hybridized carbons (Fsp3) is 0.333. The molecule has 2 aromatic carbocycles. The smallest absolute Gasteiger partial charge is 0.121 e. The topological polar surface area (TPSA) is 41.5 Å². The van der Waals surface area contributed by atoms with Crippen molar-refractivity contribution < 1.29 is 9.84 Å². The molecule has 1 fully saturated rings. The zero-order chi connectivity index (χ0) is 16.3. The number of morpholine rings is 1. The average Bonchev–Trinajstić information content (AvgIpc) is 2.60. The van der Waals surface area contributed by atoms with E-state index >= 15 is 0 Å². The molecule has 0 saturated carbocycles. The number of aliphatic hydroxyl groups is 1. The van der Waals surface area contributed by atoms with Crippen LogP contribution in [-0.2, 0) is 16.8 Å². The van der Waals surface area contributed by atoms with Crippen LogP contribution in [0.3, 0.4) is 0 Å². The van der Waals surface area contributed by atoms with Gasteiger partial charge in [-0.15, -0.1) is 12.4 Å². The van der Waals surface area contributed by atoms with Crippen molar-refractivity contribution in [1.29, 1.82) is 0 Å². The second-order valence-corrected chi connectivity index (χ2v) is 6.55. The fourth-order valence-electron chi connectivity index (χ4n) is 2.97. The number of halogens is 3. The van der Waals surface area contributed by atoms with Gasteiger partial charge >= 0.3 is 0 Å². The molecule has 2 atom stereocenters. The summed E-state index contributed by atoms with van der Waals surface area (Å²) in [6.07, 6.45) is -0.0759. The van der Waals surface area contributed by atoms with Gasteiger partial charge in [0.2, 0.25) is 0 Å². The maximum Gasteiger partial charge on any atom is 0.121 e. The molecular formula is C18H20Cl3NO2. The molecule has 2 aromatic rings. The Morgan fingerprint density at radius 1 is 1.08 bits per heavy atom. The van der Waals surface area contributed by atoms with Crippen LogP contribution in [0.15, 0.2) is 48.5 Å². The van der Waals surface area contributed by atoms with Gasteiger partial charge in [-0.1, -0.05) is 59.6 Å². The minimum atomic E-state index is -1.21. The SMILES string of the molecule is Cl.O[C@](Cc1c(Cl)cccc1Cl)(c1ccccc1)[C@H]1CNCCO1. The van der Waals surface area contributed by atoms with Crippen LogP contribution in [0.25, 0.3) is 0 Å². The quantitative estimate of drug-likeness (QED) is 0.836. The molecule has 0 spiro atoms. The first-order chi connectivity index (χ1) is 11.1. The summed E-state index contributed by atoms with van der Waals surface area (Å²) >= 11 is 12.6. The van der Waals surface area contributed by atoms with E-state index in [1.807, 2.05) is 30.3 Å². The molecule has 0 aliphatic carbocycles. The van der Waals surface area contributed by atoms with Gasteiger partial charge in [-0.25, -0.2) is 0 Å². The number of hydrogen-bond acceptors (Lipinski definition) is 3. The normalized spacial score (nSPS) is 20.0. The highest BCUT2D eigenvalue weighted by molar-refractivity contribution is 6.36. The summed E-state index contributed by atoms with van der Waals surface area (Å²) in [7, 11) is 0. The van der Waals surface area contributed by atoms with Crippen LogP contribution in [-0.4, -0.2) is 30.9 Å². The second kappa shape index (κ2) is 8.52. The van der Waals surface area contributed by atoms with Gasteiger partial charge in [-0.2, -0.15) is 0 Å². The van der Waals surface area contributed by atoms with Crippen molar-refractivity contribution in [3.05, 3.63) is 69.7 Å². The molecule has 0 bridgehead atoms. The lowest BCUT2D eigenvalue weighted by molar-refractivity contribution is -0.124. The maximum absolute atomic E-state index is 11.5. The fourth-order valence-corrected chi connectivity index (χ4v) is 3.50. The van der Waals surface area contributed by atoms with Crippen molar-refractivity contribution in [1.82, 2.24) is 5.32 Å². The molecule has 1 saturated heterocycles. The average molecular weight is 389 g/mol. The van der Waals surface area contributed by atoms with E-state index in [4.69, 9.17) is 27.9 Å². The molecule has 2 N–H and O–H groups in total. The summed E-state index contributed by atoms with van der Waals surface area (Å²) in [5, 5.41) is 15.9. The van der Waals surface area contributed by atoms with E-state index in [1.54, 1.807) is 18.2 Å². The lowest BCUT2D eigenvalue weighted by atomic mass is 9.82. The van der Waals surface area contributed by atoms with E-state index in [0.29, 0.717) is 29.6 Å². The number of benzene rings is 2. The number of ether oxygens (including phenoxy) is 1. The van der Waals surface area contributed by atoms with E-state index in [2.05, 4.69) is 5.32 Å². The molecule has 3 rings (SSSR count). The largest absolute Gasteiger partial charge is 0.382 e. The van der Waals surface area contributed by atoms with Crippen molar-refractivity contribution in [2.24, 2.45) is 0 Å². The summed E-state index contributed by atoms with van der Waals surface area (Å²) in [5.74, 6) is 0. The monoisotopic (exact) mass is 387 g/mol. The number of hydrogen-bond donors (Lipinski definition) is 2. The van der Waals surface area contributed by atoms with E-state index in [9.17, 15) is 5.11 Å². The van der Waals surface area contributed by atoms with Gasteiger partial charge in [-0.05, 0) is 23.3 Å². The van der Waals surface area contributed by atoms with Crippen LogP contribution in [0, 0.1) is 0 Å². The van der Waals surface area contributed by atoms with Crippen molar-refractivity contribution in [2.75, 3.05) is 19.7 Å². The predicted molar refractivity (Wildman–Crippen MR) is 100 cm³/mol. The molecule has 130 valence electrons. The molecule has 0 amide bonds. The minimum Gasteiger partial charge on any atom is -0.382 e. The molecule has 0 unspecified atom stereocenters. The summed E-state index contributed by atoms with van der Waals surface area (Å²) < 4.78 is 5.85. The highest BCUT2D eigenvalue weighted by Crippen LogP contribution is 2.36. The number of rotatable bonds is 4. The Morgan fingerprint density at radius 2 is 1.75 bits per heavy atom. The van der Waals surface area contributed by atoms with E-state index in [0.717, 1.165) is 17.7 Å². The lowest BCUT2D eigenvalue weighted by Gasteiger charge is -2.39. The van der Waals surface area contributed by atoms with Gasteiger partial charge in [0.1, 0.15) is 11.7 Å². The van der Waals surface area contributed by atoms with Crippen molar-refractivity contribution >= 4 is 35.6 Å². The molecule has 1 aliphatic rings. The third-order valence-electron chi connectivity index (χ3n) is 4.24. The molecule has 0 radical (unpaired) electrons. The van der Waals surface area contributed by atoms with Gasteiger partial charge in [0, 0.05) is 29.6 Å². The standard InChI is InChI=1S/C18H19Cl2NO2.ClH/c19-15-7-4-8-16(20)14(15)11-18(22,13-5-2-1-3-6-13)17-12-21-9-10-23-17;/h1-8,17,21-22H,9-12H2;1H/t17-,18-;/m1./s1. The Balaban J connectivity index is 0.00000208. The van der Waals surface area contributed by atoms with Crippen LogP contribution < -0.4 is 5.32 Å². The second-order valence-electron chi connectivity index (χ2n) is 5.73. The predicted octanol–water partition coefficient (Wildman–Crippen LogP) is 3.83. The third-order valence-corrected chi connectivity index (χ3v) is 4.95. The first-order valence-corrected chi connectivity index (χ1v) is 8.40. The van der Waals surface area contributed by atoms with Crippen LogP contribution in [0.5, 0.6) is 0 Å². The Bertz CT molecular complexity index is 642. The Kier molecular flexibility index (Phi) is 6.93. The lowest BCUT2D eigenvalue weighted by Crippen LogP contribution is -2.52. The van der Waals surface area contributed by atoms with Gasteiger partial charge in [0.05, 0.1) is 6.61 Å². The van der Waals surface area contributed by atoms with Gasteiger partial charge in [0.15, 0.2) is 0 Å². The molecule has 6 heteroatoms. The Labute approximate surface area is 158 Å². The molecule has 0 aromatic heterocycles. The molecule has 3 nitrogen and oxygen atoms in total. The molecule has 24 heavy (non-hydrogen) atoms. The molecule has 1 aliphatic heterocycles. The van der Waals surface area contributed by atoms with Crippen molar-refractivity contribution in [2.45, 2.75) is 18.1 Å². The number of nitrogens with one attached hydrogen (secondary N) is 1. The Morgan fingerprint density at radius 3 is 2.33 bits per heavy atom. The zero-order valence-corrected chi connectivity index (χ0v) is 15.4. The zero-order valence-electron chi connectivity index (χ0n) is 13.0. The van der Waals surface area contributed by atoms with Gasteiger partial charge in [0.25, 0.3) is 0 Å².